The Morgan fingerprint density at radius 3 is 1.49 bits per heavy atom. The number of fused-ring (bicyclic) bond motifs is 7. The van der Waals surface area contributed by atoms with Crippen LogP contribution in [-0.4, -0.2) is 20.2 Å². The van der Waals surface area contributed by atoms with Crippen LogP contribution in [0.25, 0.3) is 53.3 Å². The monoisotopic (exact) mass is 820 g/mol. The SMILES string of the molecule is Oc1c(N=Nc2nc3ccccc3s2)c2ccccc2c2ccccc12.Oc1c(N=Nc2ncc(C(F)(F)F)cc2Cl)c2ccccc2c2ccccc12.[Zn]. The topological polar surface area (TPSA) is 116 Å². The van der Waals surface area contributed by atoms with Gasteiger partial charge in [-0.15, -0.1) is 20.5 Å². The zero-order valence-corrected chi connectivity index (χ0v) is 32.9. The predicted molar refractivity (Wildman–Crippen MR) is 208 cm³/mol. The Labute approximate surface area is 332 Å². The smallest absolute Gasteiger partial charge is 0.417 e. The third-order valence-electron chi connectivity index (χ3n) is 8.67. The van der Waals surface area contributed by atoms with Crippen molar-refractivity contribution >= 4 is 98.6 Å². The van der Waals surface area contributed by atoms with Crippen LogP contribution in [0.1, 0.15) is 5.56 Å². The van der Waals surface area contributed by atoms with E-state index in [1.54, 1.807) is 24.3 Å². The van der Waals surface area contributed by atoms with Crippen molar-refractivity contribution in [2.24, 2.45) is 20.5 Å². The molecule has 2 heterocycles. The molecule has 0 bridgehead atoms. The van der Waals surface area contributed by atoms with Crippen LogP contribution in [-0.2, 0) is 25.7 Å². The summed E-state index contributed by atoms with van der Waals surface area (Å²) in [5.41, 5.74) is 0.583. The van der Waals surface area contributed by atoms with Gasteiger partial charge in [-0.3, -0.25) is 0 Å². The first-order chi connectivity index (χ1) is 26.2. The second kappa shape index (κ2) is 15.5. The normalized spacial score (nSPS) is 11.9. The van der Waals surface area contributed by atoms with E-state index in [9.17, 15) is 23.4 Å². The van der Waals surface area contributed by atoms with Crippen molar-refractivity contribution in [2.45, 2.75) is 6.18 Å². The van der Waals surface area contributed by atoms with Crippen LogP contribution >= 0.6 is 22.9 Å². The summed E-state index contributed by atoms with van der Waals surface area (Å²) in [5.74, 6) is -0.114. The summed E-state index contributed by atoms with van der Waals surface area (Å²) < 4.78 is 39.3. The molecule has 0 spiro atoms. The summed E-state index contributed by atoms with van der Waals surface area (Å²) in [6.45, 7) is 0. The van der Waals surface area contributed by atoms with E-state index in [0.717, 1.165) is 48.6 Å². The second-order valence-corrected chi connectivity index (χ2v) is 13.4. The average molecular weight is 823 g/mol. The fourth-order valence-electron chi connectivity index (χ4n) is 6.16. The molecule has 0 aliphatic carbocycles. The molecule has 0 saturated carbocycles. The maximum atomic E-state index is 12.7. The van der Waals surface area contributed by atoms with Crippen molar-refractivity contribution in [1.29, 1.82) is 0 Å². The number of aromatic nitrogens is 2. The molecule has 0 aliphatic rings. The van der Waals surface area contributed by atoms with Gasteiger partial charge in [-0.25, -0.2) is 9.97 Å². The molecule has 0 aliphatic heterocycles. The maximum absolute atomic E-state index is 12.7. The standard InChI is InChI=1S/C21H13N3OS.C20H11ClF3N3O.Zn/c25-20-16-10-4-2-8-14(16)13-7-1-3-9-15(13)19(20)23-24-21-22-17-11-5-6-12-18(17)26-21;21-16-9-11(20(22,23)24)10-25-19(16)27-26-17-14-7-3-1-5-12(14)13-6-2-4-8-15(13)18(17)28;/h1-12,25H;1-10,28H;. The van der Waals surface area contributed by atoms with Crippen LogP contribution in [0.4, 0.5) is 35.5 Å². The average Bonchev–Trinajstić information content (AvgIpc) is 3.61. The summed E-state index contributed by atoms with van der Waals surface area (Å²) >= 11 is 7.35. The van der Waals surface area contributed by atoms with Gasteiger partial charge in [0.1, 0.15) is 11.4 Å². The number of pyridine rings is 1. The van der Waals surface area contributed by atoms with Gasteiger partial charge < -0.3 is 10.2 Å². The molecule has 0 saturated heterocycles. The summed E-state index contributed by atoms with van der Waals surface area (Å²) in [6.07, 6.45) is -3.92. The van der Waals surface area contributed by atoms with E-state index in [2.05, 4.69) is 30.4 Å². The van der Waals surface area contributed by atoms with Crippen molar-refractivity contribution in [3.8, 4) is 11.5 Å². The number of alkyl halides is 3. The van der Waals surface area contributed by atoms with Crippen molar-refractivity contribution in [3.63, 3.8) is 0 Å². The Morgan fingerprint density at radius 2 is 1.00 bits per heavy atom. The molecule has 9 rings (SSSR count). The molecule has 2 aromatic heterocycles. The van der Waals surface area contributed by atoms with Gasteiger partial charge in [0.05, 0.1) is 20.8 Å². The van der Waals surface area contributed by atoms with Crippen molar-refractivity contribution in [3.05, 3.63) is 144 Å². The minimum atomic E-state index is -4.56. The van der Waals surface area contributed by atoms with E-state index in [-0.39, 0.29) is 47.5 Å². The summed E-state index contributed by atoms with van der Waals surface area (Å²) in [4.78, 5) is 8.11. The van der Waals surface area contributed by atoms with Crippen LogP contribution in [0, 0.1) is 0 Å². The second-order valence-electron chi connectivity index (χ2n) is 12.0. The zero-order valence-electron chi connectivity index (χ0n) is 28.4. The number of benzene rings is 7. The van der Waals surface area contributed by atoms with Gasteiger partial charge in [0.2, 0.25) is 5.13 Å². The molecule has 0 radical (unpaired) electrons. The number of phenols is 2. The molecule has 55 heavy (non-hydrogen) atoms. The number of para-hydroxylation sites is 1. The van der Waals surface area contributed by atoms with Gasteiger partial charge in [-0.1, -0.05) is 132 Å². The minimum absolute atomic E-state index is 0. The van der Waals surface area contributed by atoms with Crippen LogP contribution < -0.4 is 0 Å². The Balaban J connectivity index is 0.000000166. The molecule has 0 amide bonds. The van der Waals surface area contributed by atoms with Gasteiger partial charge >= 0.3 is 6.18 Å². The van der Waals surface area contributed by atoms with Crippen molar-refractivity contribution < 1.29 is 42.9 Å². The van der Waals surface area contributed by atoms with Crippen LogP contribution in [0.15, 0.2) is 154 Å². The van der Waals surface area contributed by atoms with E-state index in [4.69, 9.17) is 11.6 Å². The molecule has 2 N–H and O–H groups in total. The Hall–Kier alpha value is -5.88. The number of aromatic hydroxyl groups is 2. The molecule has 9 aromatic rings. The number of azo groups is 2. The predicted octanol–water partition coefficient (Wildman–Crippen LogP) is 13.9. The minimum Gasteiger partial charge on any atom is -0.505 e. The molecule has 7 aromatic carbocycles. The molecule has 0 fully saturated rings. The number of hydrogen-bond donors (Lipinski definition) is 2. The van der Waals surface area contributed by atoms with Crippen LogP contribution in [0.2, 0.25) is 5.02 Å². The summed E-state index contributed by atoms with van der Waals surface area (Å²) in [6, 6.07) is 38.9. The quantitative estimate of drug-likeness (QED) is 0.104. The molecular formula is C41H24ClF3N6O2SZn. The first kappa shape index (κ1) is 37.4. The fraction of sp³-hybridized carbons (Fsp3) is 0.0244. The molecule has 14 heteroatoms. The van der Waals surface area contributed by atoms with Gasteiger partial charge in [0, 0.05) is 47.2 Å². The summed E-state index contributed by atoms with van der Waals surface area (Å²) in [5, 5.41) is 45.0. The zero-order chi connectivity index (χ0) is 37.4. The van der Waals surface area contributed by atoms with Crippen LogP contribution in [0.3, 0.4) is 0 Å². The van der Waals surface area contributed by atoms with Gasteiger partial charge in [-0.05, 0) is 39.7 Å². The number of nitrogens with zero attached hydrogens (tertiary/aromatic N) is 6. The van der Waals surface area contributed by atoms with Gasteiger partial charge in [0.15, 0.2) is 17.3 Å². The third kappa shape index (κ3) is 7.34. The number of halogens is 4. The molecular weight excluding hydrogens is 798 g/mol. The van der Waals surface area contributed by atoms with E-state index in [1.165, 1.54) is 11.3 Å². The molecule has 8 nitrogen and oxygen atoms in total. The Morgan fingerprint density at radius 1 is 0.564 bits per heavy atom. The van der Waals surface area contributed by atoms with Gasteiger partial charge in [-0.2, -0.15) is 13.2 Å². The summed E-state index contributed by atoms with van der Waals surface area (Å²) in [7, 11) is 0. The van der Waals surface area contributed by atoms with E-state index < -0.39 is 11.7 Å². The number of phenolic OH excluding ortho intramolecular Hbond substituents is 2. The molecule has 266 valence electrons. The first-order valence-corrected chi connectivity index (χ1v) is 17.5. The Bertz CT molecular complexity index is 2920. The fourth-order valence-corrected chi connectivity index (χ4v) is 7.15. The van der Waals surface area contributed by atoms with Crippen molar-refractivity contribution in [1.82, 2.24) is 9.97 Å². The molecule has 0 atom stereocenters. The number of hydrogen-bond acceptors (Lipinski definition) is 9. The van der Waals surface area contributed by atoms with E-state index in [1.807, 2.05) is 97.1 Å². The van der Waals surface area contributed by atoms with Gasteiger partial charge in [0.25, 0.3) is 0 Å². The first-order valence-electron chi connectivity index (χ1n) is 16.3. The largest absolute Gasteiger partial charge is 0.505 e. The number of thiazole rings is 1. The maximum Gasteiger partial charge on any atom is 0.417 e. The van der Waals surface area contributed by atoms with E-state index >= 15 is 0 Å². The molecule has 0 unspecified atom stereocenters. The third-order valence-corrected chi connectivity index (χ3v) is 9.87. The van der Waals surface area contributed by atoms with Crippen LogP contribution in [0.5, 0.6) is 11.5 Å². The van der Waals surface area contributed by atoms with Crippen molar-refractivity contribution in [2.75, 3.05) is 0 Å². The van der Waals surface area contributed by atoms with E-state index in [0.29, 0.717) is 27.8 Å². The Kier molecular flexibility index (Phi) is 10.5. The number of rotatable bonds is 4.